The van der Waals surface area contributed by atoms with Gasteiger partial charge in [0, 0.05) is 13.0 Å². The Morgan fingerprint density at radius 2 is 1.96 bits per heavy atom. The number of aromatic carboxylic acids is 1. The number of carbonyl (C=O) groups is 1. The second-order valence-electron chi connectivity index (χ2n) is 4.47. The zero-order chi connectivity index (χ0) is 16.8. The summed E-state index contributed by atoms with van der Waals surface area (Å²) in [6, 6.07) is 3.57. The molecule has 124 valence electrons. The lowest BCUT2D eigenvalue weighted by atomic mass is 10.2. The second-order valence-corrected chi connectivity index (χ2v) is 4.47. The molecule has 0 saturated carbocycles. The minimum atomic E-state index is -1.16. The van der Waals surface area contributed by atoms with E-state index in [0.717, 1.165) is 5.69 Å². The van der Waals surface area contributed by atoms with E-state index in [4.69, 9.17) is 19.3 Å². The smallest absolute Gasteiger partial charge is 0.375 e. The molecule has 0 aliphatic heterocycles. The molecular formula is C14H18N4O5. The Hall–Kier alpha value is -2.97. The quantitative estimate of drug-likeness (QED) is 0.663. The summed E-state index contributed by atoms with van der Waals surface area (Å²) in [6.07, 6.45) is 0.470. The Labute approximate surface area is 132 Å². The van der Waals surface area contributed by atoms with Gasteiger partial charge in [-0.25, -0.2) is 9.78 Å². The van der Waals surface area contributed by atoms with Gasteiger partial charge >= 0.3 is 5.97 Å². The minimum absolute atomic E-state index is 0.247. The van der Waals surface area contributed by atoms with E-state index in [1.807, 2.05) is 6.07 Å². The van der Waals surface area contributed by atoms with Crippen LogP contribution in [0.15, 0.2) is 12.1 Å². The first-order valence-corrected chi connectivity index (χ1v) is 6.78. The molecule has 0 saturated heterocycles. The van der Waals surface area contributed by atoms with Gasteiger partial charge in [0.1, 0.15) is 5.82 Å². The molecule has 0 unspecified atom stereocenters. The lowest BCUT2D eigenvalue weighted by Crippen LogP contribution is -2.08. The molecule has 9 nitrogen and oxygen atoms in total. The normalized spacial score (nSPS) is 10.2. The minimum Gasteiger partial charge on any atom is -0.493 e. The summed E-state index contributed by atoms with van der Waals surface area (Å²) in [5.41, 5.74) is 0.725. The number of aromatic nitrogens is 3. The van der Waals surface area contributed by atoms with Crippen molar-refractivity contribution in [2.24, 2.45) is 0 Å². The highest BCUT2D eigenvalue weighted by molar-refractivity contribution is 5.82. The summed E-state index contributed by atoms with van der Waals surface area (Å²) >= 11 is 0. The van der Waals surface area contributed by atoms with E-state index in [2.05, 4.69) is 20.5 Å². The van der Waals surface area contributed by atoms with Crippen molar-refractivity contribution in [3.05, 3.63) is 23.8 Å². The number of aromatic amines is 1. The van der Waals surface area contributed by atoms with Crippen LogP contribution in [0.5, 0.6) is 17.2 Å². The molecule has 23 heavy (non-hydrogen) atoms. The first-order chi connectivity index (χ1) is 11.1. The number of H-pyrrole nitrogens is 1. The van der Waals surface area contributed by atoms with Crippen molar-refractivity contribution in [3.63, 3.8) is 0 Å². The van der Waals surface area contributed by atoms with Crippen LogP contribution in [0.3, 0.4) is 0 Å². The predicted octanol–water partition coefficient (Wildman–Crippen LogP) is 1.18. The largest absolute Gasteiger partial charge is 0.493 e. The van der Waals surface area contributed by atoms with Crippen molar-refractivity contribution < 1.29 is 24.1 Å². The number of methoxy groups -OCH3 is 3. The standard InChI is InChI=1S/C14H18N4O5/c1-21-9-5-4-8(11(22-2)12(9)23-3)15-7-6-10-16-13(14(19)20)18-17-10/h4-5,15H,6-7H2,1-3H3,(H,19,20)(H,16,17,18). The maximum Gasteiger partial charge on any atom is 0.375 e. The number of hydrogen-bond acceptors (Lipinski definition) is 7. The Morgan fingerprint density at radius 1 is 1.22 bits per heavy atom. The Morgan fingerprint density at radius 3 is 2.52 bits per heavy atom. The van der Waals surface area contributed by atoms with Gasteiger partial charge in [0.05, 0.1) is 27.0 Å². The number of anilines is 1. The molecule has 0 atom stereocenters. The summed E-state index contributed by atoms with van der Waals surface area (Å²) in [4.78, 5) is 14.6. The first-order valence-electron chi connectivity index (χ1n) is 6.78. The molecule has 3 N–H and O–H groups in total. The number of rotatable bonds is 8. The lowest BCUT2D eigenvalue weighted by molar-refractivity contribution is 0.0684. The highest BCUT2D eigenvalue weighted by Crippen LogP contribution is 2.42. The van der Waals surface area contributed by atoms with Crippen molar-refractivity contribution in [3.8, 4) is 17.2 Å². The summed E-state index contributed by atoms with van der Waals surface area (Å²) in [7, 11) is 4.62. The van der Waals surface area contributed by atoms with Crippen molar-refractivity contribution in [1.29, 1.82) is 0 Å². The summed E-state index contributed by atoms with van der Waals surface area (Å²) in [6.45, 7) is 0.500. The van der Waals surface area contributed by atoms with Crippen molar-refractivity contribution >= 4 is 11.7 Å². The summed E-state index contributed by atoms with van der Waals surface area (Å²) in [5, 5.41) is 18.1. The van der Waals surface area contributed by atoms with Gasteiger partial charge in [0.2, 0.25) is 5.75 Å². The molecule has 0 bridgehead atoms. The van der Waals surface area contributed by atoms with Crippen LogP contribution in [0.1, 0.15) is 16.4 Å². The molecule has 0 aliphatic carbocycles. The molecule has 0 aliphatic rings. The molecule has 0 fully saturated rings. The van der Waals surface area contributed by atoms with E-state index in [0.29, 0.717) is 36.0 Å². The SMILES string of the molecule is COc1ccc(NCCc2nc(C(=O)O)n[nH]2)c(OC)c1OC. The lowest BCUT2D eigenvalue weighted by Gasteiger charge is -2.16. The van der Waals surface area contributed by atoms with Crippen molar-refractivity contribution in [2.75, 3.05) is 33.2 Å². The number of hydrogen-bond donors (Lipinski definition) is 3. The zero-order valence-electron chi connectivity index (χ0n) is 13.0. The van der Waals surface area contributed by atoms with Gasteiger partial charge in [-0.2, -0.15) is 0 Å². The Bertz CT molecular complexity index is 686. The van der Waals surface area contributed by atoms with E-state index in [-0.39, 0.29) is 5.82 Å². The molecule has 1 heterocycles. The Kier molecular flexibility index (Phi) is 5.23. The van der Waals surface area contributed by atoms with Crippen LogP contribution in [0.4, 0.5) is 5.69 Å². The van der Waals surface area contributed by atoms with E-state index in [1.54, 1.807) is 13.2 Å². The third-order valence-electron chi connectivity index (χ3n) is 3.10. The van der Waals surface area contributed by atoms with Gasteiger partial charge in [0.15, 0.2) is 11.5 Å². The highest BCUT2D eigenvalue weighted by Gasteiger charge is 2.16. The third kappa shape index (κ3) is 3.62. The average molecular weight is 322 g/mol. The molecular weight excluding hydrogens is 304 g/mol. The highest BCUT2D eigenvalue weighted by atomic mass is 16.5. The van der Waals surface area contributed by atoms with E-state index in [9.17, 15) is 4.79 Å². The zero-order valence-corrected chi connectivity index (χ0v) is 13.0. The van der Waals surface area contributed by atoms with Crippen LogP contribution in [0.2, 0.25) is 0 Å². The average Bonchev–Trinajstić information content (AvgIpc) is 3.03. The fourth-order valence-corrected chi connectivity index (χ4v) is 2.06. The molecule has 1 aromatic heterocycles. The van der Waals surface area contributed by atoms with Crippen molar-refractivity contribution in [1.82, 2.24) is 15.2 Å². The number of ether oxygens (including phenoxy) is 3. The number of carboxylic acid groups (broad SMARTS) is 1. The maximum absolute atomic E-state index is 10.7. The first kappa shape index (κ1) is 16.4. The number of nitrogens with zero attached hydrogens (tertiary/aromatic N) is 2. The second kappa shape index (κ2) is 7.34. The van der Waals surface area contributed by atoms with Gasteiger partial charge in [-0.3, -0.25) is 5.10 Å². The van der Waals surface area contributed by atoms with Crippen molar-refractivity contribution in [2.45, 2.75) is 6.42 Å². The van der Waals surface area contributed by atoms with Crippen LogP contribution >= 0.6 is 0 Å². The van der Waals surface area contributed by atoms with E-state index < -0.39 is 5.97 Å². The predicted molar refractivity (Wildman–Crippen MR) is 81.6 cm³/mol. The van der Waals surface area contributed by atoms with Gasteiger partial charge in [-0.05, 0) is 12.1 Å². The van der Waals surface area contributed by atoms with Crippen LogP contribution in [-0.2, 0) is 6.42 Å². The molecule has 9 heteroatoms. The summed E-state index contributed by atoms with van der Waals surface area (Å²) in [5.74, 6) is 0.653. The number of benzene rings is 1. The van der Waals surface area contributed by atoms with Gasteiger partial charge in [-0.1, -0.05) is 0 Å². The van der Waals surface area contributed by atoms with Crippen LogP contribution in [0.25, 0.3) is 0 Å². The number of carboxylic acids is 1. The molecule has 0 spiro atoms. The molecule has 1 aromatic carbocycles. The van der Waals surface area contributed by atoms with Gasteiger partial charge in [-0.15, -0.1) is 5.10 Å². The molecule has 0 amide bonds. The number of nitrogens with one attached hydrogen (secondary N) is 2. The van der Waals surface area contributed by atoms with Crippen LogP contribution < -0.4 is 19.5 Å². The fourth-order valence-electron chi connectivity index (χ4n) is 2.06. The van der Waals surface area contributed by atoms with Crippen LogP contribution in [-0.4, -0.2) is 54.1 Å². The van der Waals surface area contributed by atoms with E-state index in [1.165, 1.54) is 14.2 Å². The van der Waals surface area contributed by atoms with Crippen LogP contribution in [0, 0.1) is 0 Å². The molecule has 2 aromatic rings. The van der Waals surface area contributed by atoms with Gasteiger partial charge < -0.3 is 24.6 Å². The monoisotopic (exact) mass is 322 g/mol. The molecule has 2 rings (SSSR count). The fraction of sp³-hybridized carbons (Fsp3) is 0.357. The Balaban J connectivity index is 2.06. The topological polar surface area (TPSA) is 119 Å². The summed E-state index contributed by atoms with van der Waals surface area (Å²) < 4.78 is 15.9. The van der Waals surface area contributed by atoms with E-state index >= 15 is 0 Å². The molecule has 0 radical (unpaired) electrons. The van der Waals surface area contributed by atoms with Gasteiger partial charge in [0.25, 0.3) is 5.82 Å². The third-order valence-corrected chi connectivity index (χ3v) is 3.10. The maximum atomic E-state index is 10.7.